The summed E-state index contributed by atoms with van der Waals surface area (Å²) in [5.41, 5.74) is 3.07. The molecule has 2 aromatic rings. The van der Waals surface area contributed by atoms with Gasteiger partial charge in [-0.2, -0.15) is 4.31 Å². The number of aliphatic hydroxyl groups excluding tert-OH is 1. The van der Waals surface area contributed by atoms with E-state index in [0.717, 1.165) is 16.7 Å². The molecule has 0 radical (unpaired) electrons. The number of likely N-dealkylation sites (N-methyl/N-ethyl adjacent to an activating group) is 1. The van der Waals surface area contributed by atoms with E-state index in [1.54, 1.807) is 13.0 Å². The van der Waals surface area contributed by atoms with Crippen LogP contribution in [0.1, 0.15) is 19.4 Å². The van der Waals surface area contributed by atoms with Crippen molar-refractivity contribution in [2.75, 3.05) is 33.8 Å². The Labute approximate surface area is 180 Å². The quantitative estimate of drug-likeness (QED) is 0.787. The number of fused-ring (bicyclic) bond motifs is 1. The number of ether oxygens (including phenoxy) is 1. The van der Waals surface area contributed by atoms with Gasteiger partial charge in [-0.15, -0.1) is 0 Å². The highest BCUT2D eigenvalue weighted by Crippen LogP contribution is 2.36. The summed E-state index contributed by atoms with van der Waals surface area (Å²) in [7, 11) is 0.141. The predicted octanol–water partition coefficient (Wildman–Crippen LogP) is 2.99. The van der Waals surface area contributed by atoms with Crippen LogP contribution in [-0.2, 0) is 10.0 Å². The Morgan fingerprint density at radius 3 is 2.40 bits per heavy atom. The van der Waals surface area contributed by atoms with Crippen molar-refractivity contribution in [3.63, 3.8) is 0 Å². The van der Waals surface area contributed by atoms with Gasteiger partial charge in [-0.25, -0.2) is 8.42 Å². The van der Waals surface area contributed by atoms with Crippen molar-refractivity contribution in [1.82, 2.24) is 9.21 Å². The Bertz CT molecular complexity index is 973. The maximum atomic E-state index is 13.5. The van der Waals surface area contributed by atoms with Crippen LogP contribution >= 0.6 is 0 Å². The first-order valence-corrected chi connectivity index (χ1v) is 11.7. The summed E-state index contributed by atoms with van der Waals surface area (Å²) in [5.74, 6) is 0.314. The Morgan fingerprint density at radius 2 is 1.80 bits per heavy atom. The molecule has 0 spiro atoms. The zero-order valence-electron chi connectivity index (χ0n) is 18.4. The lowest BCUT2D eigenvalue weighted by Crippen LogP contribution is -2.49. The highest BCUT2D eigenvalue weighted by Gasteiger charge is 2.37. The second-order valence-corrected chi connectivity index (χ2v) is 10.4. The fraction of sp³-hybridized carbons (Fsp3) is 0.478. The molecule has 2 aromatic carbocycles. The van der Waals surface area contributed by atoms with Gasteiger partial charge in [0.25, 0.3) is 0 Å². The van der Waals surface area contributed by atoms with Gasteiger partial charge >= 0.3 is 0 Å². The Kier molecular flexibility index (Phi) is 6.87. The molecule has 1 aliphatic heterocycles. The normalized spacial score (nSPS) is 22.6. The minimum Gasteiger partial charge on any atom is -0.487 e. The van der Waals surface area contributed by atoms with Crippen molar-refractivity contribution in [1.29, 1.82) is 0 Å². The molecular weight excluding hydrogens is 400 g/mol. The van der Waals surface area contributed by atoms with Crippen LogP contribution in [0.2, 0.25) is 0 Å². The lowest BCUT2D eigenvalue weighted by Gasteiger charge is -2.37. The van der Waals surface area contributed by atoms with E-state index < -0.39 is 16.1 Å². The molecule has 0 bridgehead atoms. The zero-order valence-corrected chi connectivity index (χ0v) is 19.2. The van der Waals surface area contributed by atoms with Crippen molar-refractivity contribution >= 4 is 10.0 Å². The highest BCUT2D eigenvalue weighted by molar-refractivity contribution is 7.89. The predicted molar refractivity (Wildman–Crippen MR) is 119 cm³/mol. The van der Waals surface area contributed by atoms with Crippen LogP contribution in [0.25, 0.3) is 11.1 Å². The van der Waals surface area contributed by atoms with E-state index in [9.17, 15) is 13.5 Å². The molecule has 0 amide bonds. The van der Waals surface area contributed by atoms with Crippen molar-refractivity contribution in [2.24, 2.45) is 5.92 Å². The van der Waals surface area contributed by atoms with Gasteiger partial charge in [0.05, 0.1) is 6.61 Å². The van der Waals surface area contributed by atoms with Gasteiger partial charge < -0.3 is 14.7 Å². The summed E-state index contributed by atoms with van der Waals surface area (Å²) < 4.78 is 34.7. The van der Waals surface area contributed by atoms with E-state index in [4.69, 9.17) is 4.74 Å². The SMILES string of the molecule is Cc1ccc(-c2ccc3c(c2)O[C@@H](CN(C)C)[C@H](C)CN([C@@H](C)CO)S3(=O)=O)cc1. The van der Waals surface area contributed by atoms with E-state index >= 15 is 0 Å². The van der Waals surface area contributed by atoms with Gasteiger partial charge in [0, 0.05) is 25.0 Å². The van der Waals surface area contributed by atoms with Gasteiger partial charge in [-0.1, -0.05) is 42.8 Å². The molecule has 0 saturated carbocycles. The molecule has 1 N–H and O–H groups in total. The maximum absolute atomic E-state index is 13.5. The van der Waals surface area contributed by atoms with Crippen molar-refractivity contribution < 1.29 is 18.3 Å². The van der Waals surface area contributed by atoms with Gasteiger partial charge in [0.1, 0.15) is 16.7 Å². The minimum absolute atomic E-state index is 0.0487. The first-order chi connectivity index (χ1) is 14.1. The van der Waals surface area contributed by atoms with E-state index in [-0.39, 0.29) is 23.5 Å². The molecule has 0 saturated heterocycles. The first kappa shape index (κ1) is 22.7. The number of rotatable bonds is 5. The third kappa shape index (κ3) is 4.70. The molecule has 1 heterocycles. The standard InChI is InChI=1S/C23H32N2O4S/c1-16-6-8-19(9-7-16)20-10-11-23-21(12-20)29-22(14-24(4)5)17(2)13-25(18(3)15-26)30(23,27)28/h6-12,17-18,22,26H,13-15H2,1-5H3/t17-,18+,22+/m1/s1. The molecule has 3 rings (SSSR count). The largest absolute Gasteiger partial charge is 0.487 e. The summed E-state index contributed by atoms with van der Waals surface area (Å²) in [4.78, 5) is 2.19. The van der Waals surface area contributed by atoms with Crippen LogP contribution in [0.4, 0.5) is 0 Å². The second-order valence-electron chi connectivity index (χ2n) is 8.53. The minimum atomic E-state index is -3.81. The molecule has 0 aromatic heterocycles. The number of sulfonamides is 1. The highest BCUT2D eigenvalue weighted by atomic mass is 32.2. The molecule has 164 valence electrons. The molecule has 7 heteroatoms. The maximum Gasteiger partial charge on any atom is 0.247 e. The Balaban J connectivity index is 2.14. The van der Waals surface area contributed by atoms with Crippen LogP contribution in [0.5, 0.6) is 5.75 Å². The third-order valence-electron chi connectivity index (χ3n) is 5.60. The van der Waals surface area contributed by atoms with Crippen LogP contribution in [-0.4, -0.2) is 68.7 Å². The zero-order chi connectivity index (χ0) is 22.1. The van der Waals surface area contributed by atoms with Crippen molar-refractivity contribution in [3.05, 3.63) is 48.0 Å². The number of hydrogen-bond donors (Lipinski definition) is 1. The van der Waals surface area contributed by atoms with Crippen molar-refractivity contribution in [2.45, 2.75) is 37.8 Å². The number of nitrogens with zero attached hydrogens (tertiary/aromatic N) is 2. The Morgan fingerprint density at radius 1 is 1.17 bits per heavy atom. The van der Waals surface area contributed by atoms with Crippen LogP contribution in [0.15, 0.2) is 47.4 Å². The topological polar surface area (TPSA) is 70.1 Å². The van der Waals surface area contributed by atoms with E-state index in [1.807, 2.05) is 69.2 Å². The summed E-state index contributed by atoms with van der Waals surface area (Å²) in [5, 5.41) is 9.70. The number of aryl methyl sites for hydroxylation is 1. The average Bonchev–Trinajstić information content (AvgIpc) is 2.70. The second kappa shape index (κ2) is 9.06. The molecule has 3 atom stereocenters. The van der Waals surface area contributed by atoms with Crippen LogP contribution in [0.3, 0.4) is 0 Å². The molecule has 0 fully saturated rings. The van der Waals surface area contributed by atoms with Gasteiger partial charge in [0.2, 0.25) is 10.0 Å². The van der Waals surface area contributed by atoms with Crippen LogP contribution < -0.4 is 4.74 Å². The number of benzene rings is 2. The smallest absolute Gasteiger partial charge is 0.247 e. The van der Waals surface area contributed by atoms with Gasteiger partial charge in [-0.05, 0) is 51.2 Å². The fourth-order valence-corrected chi connectivity index (χ4v) is 5.55. The van der Waals surface area contributed by atoms with E-state index in [2.05, 4.69) is 0 Å². The Hall–Kier alpha value is -1.93. The monoisotopic (exact) mass is 432 g/mol. The molecule has 1 aliphatic rings. The lowest BCUT2D eigenvalue weighted by molar-refractivity contribution is 0.0813. The third-order valence-corrected chi connectivity index (χ3v) is 7.62. The van der Waals surface area contributed by atoms with Crippen molar-refractivity contribution in [3.8, 4) is 16.9 Å². The van der Waals surface area contributed by atoms with Gasteiger partial charge in [0.15, 0.2) is 0 Å². The van der Waals surface area contributed by atoms with E-state index in [0.29, 0.717) is 18.8 Å². The average molecular weight is 433 g/mol. The summed E-state index contributed by atoms with van der Waals surface area (Å²) in [6.45, 7) is 6.48. The van der Waals surface area contributed by atoms with E-state index in [1.165, 1.54) is 4.31 Å². The molecular formula is C23H32N2O4S. The molecule has 0 unspecified atom stereocenters. The first-order valence-electron chi connectivity index (χ1n) is 10.3. The molecule has 30 heavy (non-hydrogen) atoms. The number of hydrogen-bond acceptors (Lipinski definition) is 5. The van der Waals surface area contributed by atoms with Crippen LogP contribution in [0, 0.1) is 12.8 Å². The lowest BCUT2D eigenvalue weighted by atomic mass is 10.0. The molecule has 0 aliphatic carbocycles. The fourth-order valence-electron chi connectivity index (χ4n) is 3.73. The summed E-state index contributed by atoms with van der Waals surface area (Å²) in [6, 6.07) is 12.9. The molecule has 6 nitrogen and oxygen atoms in total. The van der Waals surface area contributed by atoms with Gasteiger partial charge in [-0.3, -0.25) is 0 Å². The summed E-state index contributed by atoms with van der Waals surface area (Å²) in [6.07, 6.45) is -0.184. The summed E-state index contributed by atoms with van der Waals surface area (Å²) >= 11 is 0. The number of aliphatic hydroxyl groups is 1.